The Bertz CT molecular complexity index is 930. The average molecular weight is 340 g/mol. The molecule has 126 valence electrons. The molecule has 0 atom stereocenters. The van der Waals surface area contributed by atoms with Crippen LogP contribution in [0, 0.1) is 11.8 Å². The molecule has 0 aliphatic rings. The third kappa shape index (κ3) is 3.82. The number of aromatic nitrogens is 3. The SMILES string of the molecule is CCC(=O)Nc1ncc(-c2ccnc(F)c2)c(-c2cccc(F)c2)n1. The Labute approximate surface area is 142 Å². The quantitative estimate of drug-likeness (QED) is 0.733. The van der Waals surface area contributed by atoms with Crippen LogP contribution in [0.15, 0.2) is 48.8 Å². The van der Waals surface area contributed by atoms with Crippen LogP contribution < -0.4 is 5.32 Å². The second-order valence-electron chi connectivity index (χ2n) is 5.24. The molecule has 1 aromatic carbocycles. The normalized spacial score (nSPS) is 10.5. The van der Waals surface area contributed by atoms with Crippen LogP contribution >= 0.6 is 0 Å². The molecule has 0 radical (unpaired) electrons. The van der Waals surface area contributed by atoms with Crippen LogP contribution in [-0.4, -0.2) is 20.9 Å². The van der Waals surface area contributed by atoms with Crippen LogP contribution in [0.2, 0.25) is 0 Å². The number of hydrogen-bond acceptors (Lipinski definition) is 4. The summed E-state index contributed by atoms with van der Waals surface area (Å²) in [5.74, 6) is -1.22. The first kappa shape index (κ1) is 16.6. The summed E-state index contributed by atoms with van der Waals surface area (Å²) in [6, 6.07) is 8.71. The minimum atomic E-state index is -0.647. The first-order valence-corrected chi connectivity index (χ1v) is 7.61. The number of nitrogens with zero attached hydrogens (tertiary/aromatic N) is 3. The number of rotatable bonds is 4. The van der Waals surface area contributed by atoms with E-state index in [-0.39, 0.29) is 18.3 Å². The molecule has 3 aromatic rings. The highest BCUT2D eigenvalue weighted by molar-refractivity contribution is 5.89. The van der Waals surface area contributed by atoms with Gasteiger partial charge in [0.15, 0.2) is 0 Å². The van der Waals surface area contributed by atoms with Gasteiger partial charge in [0.05, 0.1) is 5.69 Å². The van der Waals surface area contributed by atoms with Crippen molar-refractivity contribution in [3.8, 4) is 22.4 Å². The van der Waals surface area contributed by atoms with Crippen molar-refractivity contribution in [3.05, 3.63) is 60.6 Å². The topological polar surface area (TPSA) is 67.8 Å². The summed E-state index contributed by atoms with van der Waals surface area (Å²) in [6.07, 6.45) is 3.07. The van der Waals surface area contributed by atoms with E-state index in [1.165, 1.54) is 30.6 Å². The van der Waals surface area contributed by atoms with Gasteiger partial charge in [0.2, 0.25) is 17.8 Å². The van der Waals surface area contributed by atoms with Crippen LogP contribution in [0.5, 0.6) is 0 Å². The zero-order chi connectivity index (χ0) is 17.8. The van der Waals surface area contributed by atoms with Crippen molar-refractivity contribution >= 4 is 11.9 Å². The monoisotopic (exact) mass is 340 g/mol. The maximum atomic E-state index is 13.6. The van der Waals surface area contributed by atoms with Gasteiger partial charge in [0, 0.05) is 36.0 Å². The van der Waals surface area contributed by atoms with Gasteiger partial charge in [-0.3, -0.25) is 10.1 Å². The van der Waals surface area contributed by atoms with E-state index in [0.29, 0.717) is 22.4 Å². The molecular weight excluding hydrogens is 326 g/mol. The van der Waals surface area contributed by atoms with Gasteiger partial charge < -0.3 is 0 Å². The highest BCUT2D eigenvalue weighted by Crippen LogP contribution is 2.31. The van der Waals surface area contributed by atoms with Crippen LogP contribution in [-0.2, 0) is 4.79 Å². The first-order valence-electron chi connectivity index (χ1n) is 7.61. The predicted molar refractivity (Wildman–Crippen MR) is 89.5 cm³/mol. The molecule has 2 heterocycles. The molecule has 0 bridgehead atoms. The second kappa shape index (κ2) is 7.12. The predicted octanol–water partition coefficient (Wildman–Crippen LogP) is 3.83. The average Bonchev–Trinajstić information content (AvgIpc) is 2.61. The number of pyridine rings is 1. The number of anilines is 1. The molecule has 0 unspecified atom stereocenters. The lowest BCUT2D eigenvalue weighted by molar-refractivity contribution is -0.115. The van der Waals surface area contributed by atoms with Crippen molar-refractivity contribution < 1.29 is 13.6 Å². The van der Waals surface area contributed by atoms with Crippen molar-refractivity contribution in [3.63, 3.8) is 0 Å². The number of hydrogen-bond donors (Lipinski definition) is 1. The molecule has 3 rings (SSSR count). The van der Waals surface area contributed by atoms with Crippen molar-refractivity contribution in [1.82, 2.24) is 15.0 Å². The molecule has 2 aromatic heterocycles. The lowest BCUT2D eigenvalue weighted by atomic mass is 10.0. The summed E-state index contributed by atoms with van der Waals surface area (Å²) >= 11 is 0. The molecule has 0 spiro atoms. The Morgan fingerprint density at radius 2 is 1.96 bits per heavy atom. The van der Waals surface area contributed by atoms with Crippen LogP contribution in [0.1, 0.15) is 13.3 Å². The summed E-state index contributed by atoms with van der Waals surface area (Å²) in [5, 5.41) is 2.57. The van der Waals surface area contributed by atoms with Gasteiger partial charge in [0.1, 0.15) is 5.82 Å². The van der Waals surface area contributed by atoms with Crippen molar-refractivity contribution in [1.29, 1.82) is 0 Å². The van der Waals surface area contributed by atoms with Gasteiger partial charge >= 0.3 is 0 Å². The Hall–Kier alpha value is -3.22. The van der Waals surface area contributed by atoms with Crippen LogP contribution in [0.3, 0.4) is 0 Å². The van der Waals surface area contributed by atoms with E-state index in [9.17, 15) is 13.6 Å². The zero-order valence-corrected chi connectivity index (χ0v) is 13.3. The highest BCUT2D eigenvalue weighted by Gasteiger charge is 2.14. The van der Waals surface area contributed by atoms with Gasteiger partial charge in [0.25, 0.3) is 0 Å². The zero-order valence-electron chi connectivity index (χ0n) is 13.3. The minimum absolute atomic E-state index is 0.101. The molecule has 0 aliphatic carbocycles. The number of carbonyl (C=O) groups excluding carboxylic acids is 1. The fourth-order valence-corrected chi connectivity index (χ4v) is 2.29. The summed E-state index contributed by atoms with van der Waals surface area (Å²) in [6.45, 7) is 1.71. The van der Waals surface area contributed by atoms with Crippen LogP contribution in [0.4, 0.5) is 14.7 Å². The van der Waals surface area contributed by atoms with Crippen LogP contribution in [0.25, 0.3) is 22.4 Å². The van der Waals surface area contributed by atoms with Gasteiger partial charge in [-0.1, -0.05) is 19.1 Å². The molecule has 0 saturated carbocycles. The van der Waals surface area contributed by atoms with E-state index in [1.807, 2.05) is 0 Å². The maximum Gasteiger partial charge on any atom is 0.229 e. The van der Waals surface area contributed by atoms with Crippen molar-refractivity contribution in [2.45, 2.75) is 13.3 Å². The van der Waals surface area contributed by atoms with E-state index in [0.717, 1.165) is 0 Å². The molecule has 7 heteroatoms. The van der Waals surface area contributed by atoms with Crippen molar-refractivity contribution in [2.24, 2.45) is 0 Å². The smallest absolute Gasteiger partial charge is 0.229 e. The Morgan fingerprint density at radius 3 is 2.68 bits per heavy atom. The van der Waals surface area contributed by atoms with Gasteiger partial charge in [-0.15, -0.1) is 0 Å². The molecule has 0 aliphatic heterocycles. The van der Waals surface area contributed by atoms with Gasteiger partial charge in [-0.2, -0.15) is 4.39 Å². The lowest BCUT2D eigenvalue weighted by Crippen LogP contribution is -2.12. The van der Waals surface area contributed by atoms with Gasteiger partial charge in [-0.05, 0) is 23.8 Å². The fraction of sp³-hybridized carbons (Fsp3) is 0.111. The number of amides is 1. The highest BCUT2D eigenvalue weighted by atomic mass is 19.1. The fourth-order valence-electron chi connectivity index (χ4n) is 2.29. The molecular formula is C18H14F2N4O. The van der Waals surface area contributed by atoms with E-state index in [4.69, 9.17) is 0 Å². The molecule has 0 fully saturated rings. The van der Waals surface area contributed by atoms with Gasteiger partial charge in [-0.25, -0.2) is 19.3 Å². The molecule has 1 amide bonds. The third-order valence-electron chi connectivity index (χ3n) is 3.50. The Balaban J connectivity index is 2.15. The second-order valence-corrected chi connectivity index (χ2v) is 5.24. The summed E-state index contributed by atoms with van der Waals surface area (Å²) in [7, 11) is 0. The number of benzene rings is 1. The first-order chi connectivity index (χ1) is 12.1. The van der Waals surface area contributed by atoms with E-state index in [2.05, 4.69) is 20.3 Å². The van der Waals surface area contributed by atoms with E-state index < -0.39 is 11.8 Å². The minimum Gasteiger partial charge on any atom is -0.295 e. The Kier molecular flexibility index (Phi) is 4.74. The third-order valence-corrected chi connectivity index (χ3v) is 3.50. The molecule has 5 nitrogen and oxygen atoms in total. The summed E-state index contributed by atoms with van der Waals surface area (Å²) < 4.78 is 27.1. The largest absolute Gasteiger partial charge is 0.295 e. The molecule has 1 N–H and O–H groups in total. The molecule has 25 heavy (non-hydrogen) atoms. The van der Waals surface area contributed by atoms with E-state index in [1.54, 1.807) is 25.1 Å². The lowest BCUT2D eigenvalue weighted by Gasteiger charge is -2.11. The number of carbonyl (C=O) groups is 1. The standard InChI is InChI=1S/C18H14F2N4O/c1-2-16(25)23-18-22-10-14(11-6-7-21-15(20)9-11)17(24-18)12-4-3-5-13(19)8-12/h3-10H,2H2,1H3,(H,22,23,24,25). The molecule has 0 saturated heterocycles. The summed E-state index contributed by atoms with van der Waals surface area (Å²) in [5.41, 5.74) is 1.87. The number of nitrogens with one attached hydrogen (secondary N) is 1. The number of halogens is 2. The van der Waals surface area contributed by atoms with E-state index >= 15 is 0 Å². The Morgan fingerprint density at radius 1 is 1.12 bits per heavy atom. The maximum absolute atomic E-state index is 13.6. The van der Waals surface area contributed by atoms with Crippen molar-refractivity contribution in [2.75, 3.05) is 5.32 Å². The summed E-state index contributed by atoms with van der Waals surface area (Å²) in [4.78, 5) is 23.5.